The normalized spacial score (nSPS) is 10.2. The van der Waals surface area contributed by atoms with Gasteiger partial charge in [0.05, 0.1) is 6.54 Å². The lowest BCUT2D eigenvalue weighted by Crippen LogP contribution is -2.20. The quantitative estimate of drug-likeness (QED) is 0.574. The third-order valence-electron chi connectivity index (χ3n) is 2.91. The molecule has 0 aliphatic carbocycles. The third-order valence-corrected chi connectivity index (χ3v) is 2.91. The smallest absolute Gasteiger partial charge is 0.129 e. The third kappa shape index (κ3) is 5.32. The van der Waals surface area contributed by atoms with Gasteiger partial charge >= 0.3 is 0 Å². The minimum Gasteiger partial charge on any atom is -0.349 e. The SMILES string of the molecule is C#CCN(C)c1cc(CNCCC)cc(CCC)n1. The molecule has 104 valence electrons. The first kappa shape index (κ1) is 15.5. The van der Waals surface area contributed by atoms with Crippen LogP contribution in [0.15, 0.2) is 12.1 Å². The highest BCUT2D eigenvalue weighted by atomic mass is 15.2. The van der Waals surface area contributed by atoms with Crippen LogP contribution in [0, 0.1) is 12.3 Å². The molecule has 1 rings (SSSR count). The highest BCUT2D eigenvalue weighted by Gasteiger charge is 2.06. The molecule has 1 N–H and O–H groups in total. The number of anilines is 1. The summed E-state index contributed by atoms with van der Waals surface area (Å²) in [5, 5.41) is 3.43. The molecule has 3 heteroatoms. The fourth-order valence-corrected chi connectivity index (χ4v) is 1.94. The monoisotopic (exact) mass is 259 g/mol. The van der Waals surface area contributed by atoms with E-state index in [2.05, 4.69) is 42.2 Å². The van der Waals surface area contributed by atoms with Crippen LogP contribution in [-0.2, 0) is 13.0 Å². The number of rotatable bonds is 8. The molecule has 0 aliphatic rings. The summed E-state index contributed by atoms with van der Waals surface area (Å²) in [7, 11) is 1.99. The molecule has 0 radical (unpaired) electrons. The maximum atomic E-state index is 5.37. The fraction of sp³-hybridized carbons (Fsp3) is 0.562. The zero-order valence-electron chi connectivity index (χ0n) is 12.4. The summed E-state index contributed by atoms with van der Waals surface area (Å²) in [5.74, 6) is 3.63. The van der Waals surface area contributed by atoms with Gasteiger partial charge in [0.25, 0.3) is 0 Å². The Kier molecular flexibility index (Phi) is 6.99. The summed E-state index contributed by atoms with van der Waals surface area (Å²) < 4.78 is 0. The van der Waals surface area contributed by atoms with Gasteiger partial charge in [-0.25, -0.2) is 4.98 Å². The molecule has 1 aromatic heterocycles. The Morgan fingerprint density at radius 2 is 2.11 bits per heavy atom. The molecule has 0 aliphatic heterocycles. The summed E-state index contributed by atoms with van der Waals surface area (Å²) in [6, 6.07) is 4.32. The number of hydrogen-bond acceptors (Lipinski definition) is 3. The van der Waals surface area contributed by atoms with E-state index in [9.17, 15) is 0 Å². The Bertz CT molecular complexity index is 420. The molecule has 0 bridgehead atoms. The lowest BCUT2D eigenvalue weighted by Gasteiger charge is -2.17. The van der Waals surface area contributed by atoms with Crippen LogP contribution in [-0.4, -0.2) is 25.1 Å². The molecule has 0 amide bonds. The van der Waals surface area contributed by atoms with E-state index in [0.717, 1.165) is 43.9 Å². The summed E-state index contributed by atoms with van der Waals surface area (Å²) in [6.07, 6.45) is 8.64. The minimum absolute atomic E-state index is 0.588. The number of aryl methyl sites for hydroxylation is 1. The highest BCUT2D eigenvalue weighted by molar-refractivity contribution is 5.43. The van der Waals surface area contributed by atoms with Gasteiger partial charge in [0.1, 0.15) is 5.82 Å². The van der Waals surface area contributed by atoms with E-state index in [1.165, 1.54) is 5.56 Å². The van der Waals surface area contributed by atoms with Crippen LogP contribution in [0.4, 0.5) is 5.82 Å². The second-order valence-electron chi connectivity index (χ2n) is 4.81. The van der Waals surface area contributed by atoms with Gasteiger partial charge in [0, 0.05) is 19.3 Å². The number of terminal acetylenes is 1. The van der Waals surface area contributed by atoms with Crippen molar-refractivity contribution in [3.63, 3.8) is 0 Å². The predicted molar refractivity (Wildman–Crippen MR) is 82.3 cm³/mol. The van der Waals surface area contributed by atoms with E-state index in [4.69, 9.17) is 6.42 Å². The molecule has 1 heterocycles. The van der Waals surface area contributed by atoms with Gasteiger partial charge < -0.3 is 10.2 Å². The van der Waals surface area contributed by atoms with Crippen molar-refractivity contribution in [3.8, 4) is 12.3 Å². The molecule has 3 nitrogen and oxygen atoms in total. The zero-order valence-corrected chi connectivity index (χ0v) is 12.4. The fourth-order valence-electron chi connectivity index (χ4n) is 1.94. The van der Waals surface area contributed by atoms with Gasteiger partial charge in [-0.2, -0.15) is 0 Å². The number of nitrogens with zero attached hydrogens (tertiary/aromatic N) is 2. The Balaban J connectivity index is 2.87. The van der Waals surface area contributed by atoms with Crippen LogP contribution < -0.4 is 10.2 Å². The number of hydrogen-bond donors (Lipinski definition) is 1. The van der Waals surface area contributed by atoms with E-state index in [0.29, 0.717) is 6.54 Å². The molecule has 0 saturated heterocycles. The van der Waals surface area contributed by atoms with Gasteiger partial charge in [-0.05, 0) is 37.1 Å². The first-order valence-corrected chi connectivity index (χ1v) is 7.06. The molecule has 0 aromatic carbocycles. The number of pyridine rings is 1. The van der Waals surface area contributed by atoms with E-state index >= 15 is 0 Å². The van der Waals surface area contributed by atoms with E-state index in [1.54, 1.807) is 0 Å². The number of aromatic nitrogens is 1. The Morgan fingerprint density at radius 1 is 1.32 bits per heavy atom. The molecule has 0 unspecified atom stereocenters. The van der Waals surface area contributed by atoms with Crippen molar-refractivity contribution < 1.29 is 0 Å². The standard InChI is InChI=1S/C16H25N3/c1-5-8-15-11-14(13-17-9-6-2)12-16(18-15)19(4)10-7-3/h3,11-12,17H,5-6,8-10,13H2,1-2,4H3. The Labute approximate surface area is 117 Å². The maximum Gasteiger partial charge on any atom is 0.129 e. The maximum absolute atomic E-state index is 5.37. The van der Waals surface area contributed by atoms with Gasteiger partial charge in [-0.15, -0.1) is 6.42 Å². The molecule has 0 atom stereocenters. The van der Waals surface area contributed by atoms with Crippen LogP contribution in [0.25, 0.3) is 0 Å². The summed E-state index contributed by atoms with van der Waals surface area (Å²) in [5.41, 5.74) is 2.43. The topological polar surface area (TPSA) is 28.2 Å². The molecule has 0 spiro atoms. The van der Waals surface area contributed by atoms with Crippen molar-refractivity contribution in [1.29, 1.82) is 0 Å². The zero-order chi connectivity index (χ0) is 14.1. The predicted octanol–water partition coefficient (Wildman–Crippen LogP) is 2.60. The Hall–Kier alpha value is -1.53. The molecular weight excluding hydrogens is 234 g/mol. The number of nitrogens with one attached hydrogen (secondary N) is 1. The Morgan fingerprint density at radius 3 is 2.74 bits per heavy atom. The van der Waals surface area contributed by atoms with E-state index in [1.807, 2.05) is 11.9 Å². The molecular formula is C16H25N3. The van der Waals surface area contributed by atoms with Crippen LogP contribution in [0.3, 0.4) is 0 Å². The second-order valence-corrected chi connectivity index (χ2v) is 4.81. The molecule has 1 aromatic rings. The van der Waals surface area contributed by atoms with Crippen molar-refractivity contribution >= 4 is 5.82 Å². The van der Waals surface area contributed by atoms with Gasteiger partial charge in [-0.1, -0.05) is 26.2 Å². The first-order valence-electron chi connectivity index (χ1n) is 7.06. The minimum atomic E-state index is 0.588. The van der Waals surface area contributed by atoms with E-state index in [-0.39, 0.29) is 0 Å². The van der Waals surface area contributed by atoms with Crippen molar-refractivity contribution in [2.45, 2.75) is 39.7 Å². The summed E-state index contributed by atoms with van der Waals surface area (Å²) in [4.78, 5) is 6.69. The van der Waals surface area contributed by atoms with E-state index < -0.39 is 0 Å². The highest BCUT2D eigenvalue weighted by Crippen LogP contribution is 2.15. The lowest BCUT2D eigenvalue weighted by atomic mass is 10.1. The molecule has 0 saturated carbocycles. The first-order chi connectivity index (χ1) is 9.21. The average Bonchev–Trinajstić information content (AvgIpc) is 2.39. The van der Waals surface area contributed by atoms with Gasteiger partial charge in [0.2, 0.25) is 0 Å². The summed E-state index contributed by atoms with van der Waals surface area (Å²) >= 11 is 0. The van der Waals surface area contributed by atoms with Crippen LogP contribution in [0.2, 0.25) is 0 Å². The van der Waals surface area contributed by atoms with Crippen LogP contribution >= 0.6 is 0 Å². The van der Waals surface area contributed by atoms with Crippen LogP contribution in [0.5, 0.6) is 0 Å². The largest absolute Gasteiger partial charge is 0.349 e. The van der Waals surface area contributed by atoms with Gasteiger partial charge in [0.15, 0.2) is 0 Å². The van der Waals surface area contributed by atoms with Crippen molar-refractivity contribution in [2.75, 3.05) is 25.0 Å². The van der Waals surface area contributed by atoms with Crippen LogP contribution in [0.1, 0.15) is 37.9 Å². The molecule has 0 fully saturated rings. The molecule has 19 heavy (non-hydrogen) atoms. The average molecular weight is 259 g/mol. The van der Waals surface area contributed by atoms with Crippen molar-refractivity contribution in [1.82, 2.24) is 10.3 Å². The second kappa shape index (κ2) is 8.55. The van der Waals surface area contributed by atoms with Crippen molar-refractivity contribution in [3.05, 3.63) is 23.4 Å². The van der Waals surface area contributed by atoms with Crippen molar-refractivity contribution in [2.24, 2.45) is 0 Å². The van der Waals surface area contributed by atoms with Gasteiger partial charge in [-0.3, -0.25) is 0 Å². The summed E-state index contributed by atoms with van der Waals surface area (Å²) in [6.45, 7) is 6.87. The lowest BCUT2D eigenvalue weighted by molar-refractivity contribution is 0.673.